The fraction of sp³-hybridized carbons (Fsp3) is 0.318. The van der Waals surface area contributed by atoms with Gasteiger partial charge in [-0.2, -0.15) is 0 Å². The number of carbonyl (C=O) groups excluding carboxylic acids is 3. The second kappa shape index (κ2) is 8.86. The van der Waals surface area contributed by atoms with Gasteiger partial charge in [0.05, 0.1) is 18.1 Å². The Bertz CT molecular complexity index is 904. The van der Waals surface area contributed by atoms with Crippen LogP contribution >= 0.6 is 0 Å². The molecule has 0 radical (unpaired) electrons. The van der Waals surface area contributed by atoms with Crippen LogP contribution in [0.25, 0.3) is 0 Å². The number of halogens is 1. The highest BCUT2D eigenvalue weighted by molar-refractivity contribution is 5.95. The number of amides is 1. The molecule has 6 nitrogen and oxygen atoms in total. The van der Waals surface area contributed by atoms with Crippen molar-refractivity contribution < 1.29 is 28.2 Å². The summed E-state index contributed by atoms with van der Waals surface area (Å²) in [5.41, 5.74) is 0.0722. The molecular formula is C22H22FNO5. The lowest BCUT2D eigenvalue weighted by molar-refractivity contribution is -0.153. The molecule has 0 bridgehead atoms. The van der Waals surface area contributed by atoms with Gasteiger partial charge < -0.3 is 14.8 Å². The first kappa shape index (κ1) is 20.5. The summed E-state index contributed by atoms with van der Waals surface area (Å²) in [5.74, 6) is -2.03. The van der Waals surface area contributed by atoms with Gasteiger partial charge in [0.1, 0.15) is 5.82 Å². The van der Waals surface area contributed by atoms with E-state index in [1.54, 1.807) is 30.3 Å². The fourth-order valence-electron chi connectivity index (χ4n) is 3.69. The van der Waals surface area contributed by atoms with Gasteiger partial charge in [0.25, 0.3) is 5.91 Å². The van der Waals surface area contributed by atoms with E-state index in [1.165, 1.54) is 25.3 Å². The molecule has 1 amide bonds. The molecule has 29 heavy (non-hydrogen) atoms. The molecule has 1 saturated carbocycles. The molecule has 152 valence electrons. The van der Waals surface area contributed by atoms with Crippen LogP contribution in [0.3, 0.4) is 0 Å². The molecule has 2 aromatic carbocycles. The van der Waals surface area contributed by atoms with E-state index in [1.807, 2.05) is 0 Å². The van der Waals surface area contributed by atoms with Crippen molar-refractivity contribution in [1.29, 1.82) is 0 Å². The first-order chi connectivity index (χ1) is 14.0. The molecule has 7 heteroatoms. The van der Waals surface area contributed by atoms with Crippen LogP contribution in [0.5, 0.6) is 0 Å². The molecule has 1 N–H and O–H groups in total. The molecule has 3 rings (SSSR count). The number of rotatable bonds is 6. The van der Waals surface area contributed by atoms with E-state index in [-0.39, 0.29) is 0 Å². The number of ether oxygens (including phenoxy) is 2. The number of nitrogens with one attached hydrogen (secondary N) is 1. The van der Waals surface area contributed by atoms with Gasteiger partial charge in [-0.3, -0.25) is 9.59 Å². The molecule has 1 aliphatic carbocycles. The molecule has 0 unspecified atom stereocenters. The van der Waals surface area contributed by atoms with Gasteiger partial charge in [-0.1, -0.05) is 31.0 Å². The highest BCUT2D eigenvalue weighted by Crippen LogP contribution is 2.43. The van der Waals surface area contributed by atoms with Gasteiger partial charge in [0, 0.05) is 11.3 Å². The summed E-state index contributed by atoms with van der Waals surface area (Å²) >= 11 is 0. The van der Waals surface area contributed by atoms with E-state index < -0.39 is 35.7 Å². The Labute approximate surface area is 168 Å². The van der Waals surface area contributed by atoms with Crippen molar-refractivity contribution in [3.8, 4) is 0 Å². The number of hydrogen-bond donors (Lipinski definition) is 1. The Balaban J connectivity index is 1.62. The smallest absolute Gasteiger partial charge is 0.337 e. The summed E-state index contributed by atoms with van der Waals surface area (Å²) in [6, 6.07) is 12.3. The van der Waals surface area contributed by atoms with Crippen molar-refractivity contribution in [2.24, 2.45) is 0 Å². The van der Waals surface area contributed by atoms with E-state index in [0.29, 0.717) is 29.7 Å². The minimum absolute atomic E-state index is 0.321. The van der Waals surface area contributed by atoms with Gasteiger partial charge in [0.15, 0.2) is 6.61 Å². The van der Waals surface area contributed by atoms with Crippen LogP contribution in [0.1, 0.15) is 41.6 Å². The lowest BCUT2D eigenvalue weighted by Crippen LogP contribution is -2.37. The van der Waals surface area contributed by atoms with Crippen LogP contribution in [0.2, 0.25) is 0 Å². The number of benzene rings is 2. The van der Waals surface area contributed by atoms with Crippen molar-refractivity contribution >= 4 is 23.5 Å². The van der Waals surface area contributed by atoms with Gasteiger partial charge in [-0.25, -0.2) is 9.18 Å². The maximum atomic E-state index is 14.3. The van der Waals surface area contributed by atoms with Crippen molar-refractivity contribution in [3.63, 3.8) is 0 Å². The Kier molecular flexibility index (Phi) is 6.26. The van der Waals surface area contributed by atoms with Crippen molar-refractivity contribution in [2.75, 3.05) is 19.0 Å². The standard InChI is InChI=1S/C22H22FNO5/c1-28-20(26)15-8-10-16(11-9-15)24-19(25)14-29-21(27)22(12-4-5-13-22)17-6-2-3-7-18(17)23/h2-3,6-11H,4-5,12-14H2,1H3,(H,24,25). The molecule has 0 heterocycles. The highest BCUT2D eigenvalue weighted by Gasteiger charge is 2.45. The quantitative estimate of drug-likeness (QED) is 0.751. The van der Waals surface area contributed by atoms with E-state index in [4.69, 9.17) is 4.74 Å². The maximum absolute atomic E-state index is 14.3. The second-order valence-corrected chi connectivity index (χ2v) is 6.96. The molecular weight excluding hydrogens is 377 g/mol. The monoisotopic (exact) mass is 399 g/mol. The molecule has 0 saturated heterocycles. The summed E-state index contributed by atoms with van der Waals surface area (Å²) in [5, 5.41) is 2.59. The zero-order valence-corrected chi connectivity index (χ0v) is 16.1. The molecule has 0 aromatic heterocycles. The minimum atomic E-state index is -1.05. The molecule has 0 spiro atoms. The first-order valence-electron chi connectivity index (χ1n) is 9.37. The third-order valence-corrected chi connectivity index (χ3v) is 5.16. The van der Waals surface area contributed by atoms with Crippen LogP contribution in [0.4, 0.5) is 10.1 Å². The third kappa shape index (κ3) is 4.45. The van der Waals surface area contributed by atoms with Gasteiger partial charge in [0.2, 0.25) is 0 Å². The van der Waals surface area contributed by atoms with Crippen molar-refractivity contribution in [1.82, 2.24) is 0 Å². The Morgan fingerprint density at radius 2 is 1.69 bits per heavy atom. The predicted molar refractivity (Wildman–Crippen MR) is 104 cm³/mol. The largest absolute Gasteiger partial charge is 0.465 e. The van der Waals surface area contributed by atoms with Crippen molar-refractivity contribution in [2.45, 2.75) is 31.1 Å². The van der Waals surface area contributed by atoms with Crippen LogP contribution in [-0.2, 0) is 24.5 Å². The van der Waals surface area contributed by atoms with E-state index in [2.05, 4.69) is 10.1 Å². The van der Waals surface area contributed by atoms with E-state index >= 15 is 0 Å². The average molecular weight is 399 g/mol. The zero-order chi connectivity index (χ0) is 20.9. The Morgan fingerprint density at radius 1 is 1.03 bits per heavy atom. The van der Waals surface area contributed by atoms with Gasteiger partial charge in [-0.05, 0) is 43.2 Å². The van der Waals surface area contributed by atoms with E-state index in [0.717, 1.165) is 12.8 Å². The normalized spacial score (nSPS) is 14.8. The predicted octanol–water partition coefficient (Wildman–Crippen LogP) is 3.61. The Morgan fingerprint density at radius 3 is 2.31 bits per heavy atom. The second-order valence-electron chi connectivity index (χ2n) is 6.96. The van der Waals surface area contributed by atoms with Gasteiger partial charge >= 0.3 is 11.9 Å². The van der Waals surface area contributed by atoms with Crippen LogP contribution in [0, 0.1) is 5.82 Å². The summed E-state index contributed by atoms with van der Waals surface area (Å²) in [4.78, 5) is 36.4. The number of methoxy groups -OCH3 is 1. The number of carbonyl (C=O) groups is 3. The molecule has 1 fully saturated rings. The fourth-order valence-corrected chi connectivity index (χ4v) is 3.69. The lowest BCUT2D eigenvalue weighted by atomic mass is 9.78. The van der Waals surface area contributed by atoms with Crippen LogP contribution in [0.15, 0.2) is 48.5 Å². The third-order valence-electron chi connectivity index (χ3n) is 5.16. The van der Waals surface area contributed by atoms with Crippen molar-refractivity contribution in [3.05, 3.63) is 65.5 Å². The average Bonchev–Trinajstić information content (AvgIpc) is 3.23. The number of hydrogen-bond acceptors (Lipinski definition) is 5. The van der Waals surface area contributed by atoms with Gasteiger partial charge in [-0.15, -0.1) is 0 Å². The zero-order valence-electron chi connectivity index (χ0n) is 16.1. The summed E-state index contributed by atoms with van der Waals surface area (Å²) < 4.78 is 24.2. The summed E-state index contributed by atoms with van der Waals surface area (Å²) in [6.07, 6.45) is 2.57. The highest BCUT2D eigenvalue weighted by atomic mass is 19.1. The number of anilines is 1. The topological polar surface area (TPSA) is 81.7 Å². The Hall–Kier alpha value is -3.22. The summed E-state index contributed by atoms with van der Waals surface area (Å²) in [6.45, 7) is -0.478. The minimum Gasteiger partial charge on any atom is -0.465 e. The maximum Gasteiger partial charge on any atom is 0.337 e. The molecule has 2 aromatic rings. The lowest BCUT2D eigenvalue weighted by Gasteiger charge is -2.27. The summed E-state index contributed by atoms with van der Waals surface area (Å²) in [7, 11) is 1.28. The van der Waals surface area contributed by atoms with Crippen LogP contribution in [-0.4, -0.2) is 31.6 Å². The SMILES string of the molecule is COC(=O)c1ccc(NC(=O)COC(=O)C2(c3ccccc3F)CCCC2)cc1. The van der Waals surface area contributed by atoms with E-state index in [9.17, 15) is 18.8 Å². The molecule has 0 aliphatic heterocycles. The molecule has 1 aliphatic rings. The molecule has 0 atom stereocenters. The first-order valence-corrected chi connectivity index (χ1v) is 9.37. The van der Waals surface area contributed by atoms with Crippen LogP contribution < -0.4 is 5.32 Å². The number of esters is 2.